The summed E-state index contributed by atoms with van der Waals surface area (Å²) in [4.78, 5) is 0. The zero-order valence-corrected chi connectivity index (χ0v) is 11.2. The summed E-state index contributed by atoms with van der Waals surface area (Å²) in [5.74, 6) is -3.96. The average molecular weight is 297 g/mol. The third kappa shape index (κ3) is 2.32. The summed E-state index contributed by atoms with van der Waals surface area (Å²) in [6.45, 7) is 1.42. The minimum Gasteiger partial charge on any atom is -0.394 e. The maximum Gasteiger partial charge on any atom is 0.195 e. The molecular formula is C14H14F3N3O. The molecule has 7 heteroatoms. The molecule has 1 aromatic heterocycles. The maximum absolute atomic E-state index is 14.0. The van der Waals surface area contributed by atoms with Crippen LogP contribution in [0.1, 0.15) is 11.3 Å². The highest BCUT2D eigenvalue weighted by Gasteiger charge is 2.25. The highest BCUT2D eigenvalue weighted by atomic mass is 19.2. The van der Waals surface area contributed by atoms with Crippen molar-refractivity contribution in [1.82, 2.24) is 15.1 Å². The Hall–Kier alpha value is -1.86. The summed E-state index contributed by atoms with van der Waals surface area (Å²) in [5, 5.41) is 16.5. The van der Waals surface area contributed by atoms with Gasteiger partial charge in [0.2, 0.25) is 0 Å². The quantitative estimate of drug-likeness (QED) is 0.846. The fourth-order valence-electron chi connectivity index (χ4n) is 2.62. The summed E-state index contributed by atoms with van der Waals surface area (Å²) in [7, 11) is 0. The molecule has 0 atom stereocenters. The Morgan fingerprint density at radius 3 is 2.81 bits per heavy atom. The smallest absolute Gasteiger partial charge is 0.195 e. The highest BCUT2D eigenvalue weighted by Crippen LogP contribution is 2.31. The van der Waals surface area contributed by atoms with Gasteiger partial charge in [-0.25, -0.2) is 13.2 Å². The second-order valence-electron chi connectivity index (χ2n) is 4.87. The Morgan fingerprint density at radius 2 is 2.05 bits per heavy atom. The zero-order chi connectivity index (χ0) is 15.0. The van der Waals surface area contributed by atoms with E-state index in [4.69, 9.17) is 5.11 Å². The predicted molar refractivity (Wildman–Crippen MR) is 70.0 cm³/mol. The van der Waals surface area contributed by atoms with E-state index < -0.39 is 17.5 Å². The first-order valence-electron chi connectivity index (χ1n) is 6.67. The SMILES string of the molecule is OCCn1nc(-c2ccc(F)c(F)c2F)c2c1CCNC2. The number of nitrogens with one attached hydrogen (secondary N) is 1. The Kier molecular flexibility index (Phi) is 3.69. The second kappa shape index (κ2) is 5.50. The van der Waals surface area contributed by atoms with Crippen LogP contribution in [0, 0.1) is 17.5 Å². The number of fused-ring (bicyclic) bond motifs is 1. The molecule has 1 aliphatic rings. The molecule has 0 unspecified atom stereocenters. The van der Waals surface area contributed by atoms with Gasteiger partial charge in [0.15, 0.2) is 17.5 Å². The predicted octanol–water partition coefficient (Wildman–Crippen LogP) is 1.61. The lowest BCUT2D eigenvalue weighted by atomic mass is 10.0. The molecule has 2 N–H and O–H groups in total. The molecule has 3 rings (SSSR count). The monoisotopic (exact) mass is 297 g/mol. The third-order valence-electron chi connectivity index (χ3n) is 3.61. The van der Waals surface area contributed by atoms with E-state index >= 15 is 0 Å². The number of aliphatic hydroxyl groups is 1. The molecule has 0 aliphatic carbocycles. The van der Waals surface area contributed by atoms with Gasteiger partial charge in [-0.1, -0.05) is 0 Å². The van der Waals surface area contributed by atoms with E-state index in [2.05, 4.69) is 10.4 Å². The van der Waals surface area contributed by atoms with Gasteiger partial charge >= 0.3 is 0 Å². The number of hydrogen-bond acceptors (Lipinski definition) is 3. The molecule has 1 aliphatic heterocycles. The van der Waals surface area contributed by atoms with Gasteiger partial charge in [0.05, 0.1) is 13.2 Å². The van der Waals surface area contributed by atoms with Gasteiger partial charge in [0.25, 0.3) is 0 Å². The molecular weight excluding hydrogens is 283 g/mol. The summed E-state index contributed by atoms with van der Waals surface area (Å²) in [5.41, 5.74) is 1.88. The van der Waals surface area contributed by atoms with Gasteiger partial charge in [-0.2, -0.15) is 5.10 Å². The summed E-state index contributed by atoms with van der Waals surface area (Å²) >= 11 is 0. The Balaban J connectivity index is 2.17. The first-order chi connectivity index (χ1) is 10.1. The zero-order valence-electron chi connectivity index (χ0n) is 11.2. The minimum atomic E-state index is -1.50. The highest BCUT2D eigenvalue weighted by molar-refractivity contribution is 5.65. The number of hydrogen-bond donors (Lipinski definition) is 2. The fraction of sp³-hybridized carbons (Fsp3) is 0.357. The summed E-state index contributed by atoms with van der Waals surface area (Å²) in [6.07, 6.45) is 0.688. The lowest BCUT2D eigenvalue weighted by Crippen LogP contribution is -2.25. The van der Waals surface area contributed by atoms with E-state index in [1.165, 1.54) is 6.07 Å². The first-order valence-corrected chi connectivity index (χ1v) is 6.67. The van der Waals surface area contributed by atoms with Crippen LogP contribution in [0.5, 0.6) is 0 Å². The van der Waals surface area contributed by atoms with E-state index in [0.29, 0.717) is 18.7 Å². The van der Waals surface area contributed by atoms with Crippen LogP contribution in [0.15, 0.2) is 12.1 Å². The molecule has 4 nitrogen and oxygen atoms in total. The van der Waals surface area contributed by atoms with Gasteiger partial charge in [0.1, 0.15) is 5.69 Å². The molecule has 0 radical (unpaired) electrons. The largest absolute Gasteiger partial charge is 0.394 e. The number of halogens is 3. The molecule has 2 aromatic rings. The summed E-state index contributed by atoms with van der Waals surface area (Å²) in [6, 6.07) is 2.08. The van der Waals surface area contributed by atoms with Gasteiger partial charge in [-0.15, -0.1) is 0 Å². The lowest BCUT2D eigenvalue weighted by Gasteiger charge is -2.15. The van der Waals surface area contributed by atoms with Crippen LogP contribution in [0.3, 0.4) is 0 Å². The van der Waals surface area contributed by atoms with E-state index in [9.17, 15) is 13.2 Å². The molecule has 1 aromatic carbocycles. The van der Waals surface area contributed by atoms with Crippen LogP contribution in [-0.4, -0.2) is 28.0 Å². The topological polar surface area (TPSA) is 50.1 Å². The third-order valence-corrected chi connectivity index (χ3v) is 3.61. The Labute approximate surface area is 119 Å². The van der Waals surface area contributed by atoms with E-state index in [0.717, 1.165) is 23.9 Å². The molecule has 0 fully saturated rings. The van der Waals surface area contributed by atoms with Crippen LogP contribution in [-0.2, 0) is 19.5 Å². The van der Waals surface area contributed by atoms with Gasteiger partial charge in [-0.05, 0) is 12.1 Å². The number of benzene rings is 1. The number of aromatic nitrogens is 2. The second-order valence-corrected chi connectivity index (χ2v) is 4.87. The van der Waals surface area contributed by atoms with E-state index in [1.807, 2.05) is 0 Å². The van der Waals surface area contributed by atoms with Crippen LogP contribution in [0.2, 0.25) is 0 Å². The molecule has 0 amide bonds. The van der Waals surface area contributed by atoms with Crippen molar-refractivity contribution in [3.63, 3.8) is 0 Å². The fourth-order valence-corrected chi connectivity index (χ4v) is 2.62. The van der Waals surface area contributed by atoms with Crippen molar-refractivity contribution >= 4 is 0 Å². The molecule has 0 saturated heterocycles. The van der Waals surface area contributed by atoms with E-state index in [-0.39, 0.29) is 18.7 Å². The lowest BCUT2D eigenvalue weighted by molar-refractivity contribution is 0.267. The van der Waals surface area contributed by atoms with Gasteiger partial charge in [-0.3, -0.25) is 4.68 Å². The van der Waals surface area contributed by atoms with Crippen molar-refractivity contribution in [1.29, 1.82) is 0 Å². The average Bonchev–Trinajstić information content (AvgIpc) is 2.85. The van der Waals surface area contributed by atoms with Crippen molar-refractivity contribution in [2.75, 3.05) is 13.2 Å². The van der Waals surface area contributed by atoms with Crippen molar-refractivity contribution in [3.8, 4) is 11.3 Å². The molecule has 112 valence electrons. The Bertz CT molecular complexity index is 685. The molecule has 0 spiro atoms. The molecule has 0 saturated carbocycles. The molecule has 0 bridgehead atoms. The Morgan fingerprint density at radius 1 is 1.24 bits per heavy atom. The van der Waals surface area contributed by atoms with Crippen LogP contribution < -0.4 is 5.32 Å². The standard InChI is InChI=1S/C14H14F3N3O/c15-10-2-1-8(12(16)13(10)17)14-9-7-18-4-3-11(9)20(19-14)5-6-21/h1-2,18,21H,3-7H2. The van der Waals surface area contributed by atoms with Crippen LogP contribution in [0.4, 0.5) is 13.2 Å². The van der Waals surface area contributed by atoms with Crippen molar-refractivity contribution in [3.05, 3.63) is 40.8 Å². The maximum atomic E-state index is 14.0. The molecule has 2 heterocycles. The van der Waals surface area contributed by atoms with E-state index in [1.54, 1.807) is 4.68 Å². The minimum absolute atomic E-state index is 0.0643. The summed E-state index contributed by atoms with van der Waals surface area (Å²) < 4.78 is 42.1. The number of aliphatic hydroxyl groups excluding tert-OH is 1. The van der Waals surface area contributed by atoms with Crippen molar-refractivity contribution in [2.24, 2.45) is 0 Å². The molecule has 21 heavy (non-hydrogen) atoms. The van der Waals surface area contributed by atoms with Crippen LogP contribution >= 0.6 is 0 Å². The number of rotatable bonds is 3. The first kappa shape index (κ1) is 14.1. The normalized spacial score (nSPS) is 14.3. The van der Waals surface area contributed by atoms with Crippen LogP contribution in [0.25, 0.3) is 11.3 Å². The van der Waals surface area contributed by atoms with Crippen molar-refractivity contribution < 1.29 is 18.3 Å². The van der Waals surface area contributed by atoms with Gasteiger partial charge in [0, 0.05) is 36.3 Å². The van der Waals surface area contributed by atoms with Gasteiger partial charge < -0.3 is 10.4 Å². The van der Waals surface area contributed by atoms with Crippen molar-refractivity contribution in [2.45, 2.75) is 19.5 Å². The number of nitrogens with zero attached hydrogens (tertiary/aromatic N) is 2.